The standard InChI is InChI=1S/C24H16F4N2O5S/c25-16-10-8-14(9-11-16)22(32)21-23(33)18-6-1-2-7-19(18)36(34,35)30(21)13-20(31)29-17-5-3-4-15(12-17)24(26,27)28/h1-12,21H,13H2,(H,29,31). The maximum absolute atomic E-state index is 13.4. The molecular formula is C24H16F4N2O5S. The molecule has 186 valence electrons. The number of benzene rings is 3. The molecule has 3 aromatic carbocycles. The number of nitrogens with zero attached hydrogens (tertiary/aromatic N) is 1. The quantitative estimate of drug-likeness (QED) is 0.312. The lowest BCUT2D eigenvalue weighted by atomic mass is 9.95. The van der Waals surface area contributed by atoms with Crippen molar-refractivity contribution in [2.45, 2.75) is 17.1 Å². The molecule has 12 heteroatoms. The number of Topliss-reactive ketones (excluding diaryl/α,β-unsaturated/α-hetero) is 2. The van der Waals surface area contributed by atoms with Crippen molar-refractivity contribution < 1.29 is 40.4 Å². The molecule has 0 radical (unpaired) electrons. The fourth-order valence-electron chi connectivity index (χ4n) is 3.75. The monoisotopic (exact) mass is 520 g/mol. The van der Waals surface area contributed by atoms with Crippen molar-refractivity contribution in [1.82, 2.24) is 4.31 Å². The Morgan fingerprint density at radius 3 is 2.28 bits per heavy atom. The number of carbonyl (C=O) groups excluding carboxylic acids is 3. The van der Waals surface area contributed by atoms with Crippen LogP contribution in [0.15, 0.2) is 77.7 Å². The summed E-state index contributed by atoms with van der Waals surface area (Å²) >= 11 is 0. The SMILES string of the molecule is O=C(CN1C(C(=O)c2ccc(F)cc2)C(=O)c2ccccc2S1(=O)=O)Nc1cccc(C(F)(F)F)c1. The van der Waals surface area contributed by atoms with Gasteiger partial charge in [-0.05, 0) is 54.6 Å². The van der Waals surface area contributed by atoms with Crippen molar-refractivity contribution in [3.63, 3.8) is 0 Å². The van der Waals surface area contributed by atoms with Gasteiger partial charge in [-0.1, -0.05) is 18.2 Å². The number of halogens is 4. The topological polar surface area (TPSA) is 101 Å². The second-order valence-corrected chi connectivity index (χ2v) is 9.67. The molecule has 1 unspecified atom stereocenters. The summed E-state index contributed by atoms with van der Waals surface area (Å²) in [5.74, 6) is -3.65. The number of anilines is 1. The predicted octanol–water partition coefficient (Wildman–Crippen LogP) is 3.92. The van der Waals surface area contributed by atoms with Crippen LogP contribution in [0.4, 0.5) is 23.2 Å². The Hall–Kier alpha value is -3.90. The molecule has 0 bridgehead atoms. The molecule has 0 aliphatic carbocycles. The number of rotatable bonds is 5. The number of fused-ring (bicyclic) bond motifs is 1. The first-order valence-electron chi connectivity index (χ1n) is 10.3. The number of nitrogens with one attached hydrogen (secondary N) is 1. The second-order valence-electron chi connectivity index (χ2n) is 7.81. The van der Waals surface area contributed by atoms with Crippen LogP contribution in [0.3, 0.4) is 0 Å². The van der Waals surface area contributed by atoms with E-state index >= 15 is 0 Å². The van der Waals surface area contributed by atoms with Gasteiger partial charge in [-0.25, -0.2) is 12.8 Å². The summed E-state index contributed by atoms with van der Waals surface area (Å²) in [4.78, 5) is 38.8. The Bertz CT molecular complexity index is 1470. The lowest BCUT2D eigenvalue weighted by Crippen LogP contribution is -2.55. The molecule has 1 N–H and O–H groups in total. The van der Waals surface area contributed by atoms with Crippen molar-refractivity contribution in [2.75, 3.05) is 11.9 Å². The van der Waals surface area contributed by atoms with Gasteiger partial charge < -0.3 is 5.32 Å². The Kier molecular flexibility index (Phi) is 6.50. The lowest BCUT2D eigenvalue weighted by Gasteiger charge is -2.33. The third-order valence-electron chi connectivity index (χ3n) is 5.43. The van der Waals surface area contributed by atoms with Gasteiger partial charge >= 0.3 is 6.18 Å². The molecule has 0 aromatic heterocycles. The van der Waals surface area contributed by atoms with Crippen LogP contribution < -0.4 is 5.32 Å². The van der Waals surface area contributed by atoms with E-state index in [0.717, 1.165) is 42.5 Å². The van der Waals surface area contributed by atoms with E-state index in [1.54, 1.807) is 0 Å². The number of sulfonamides is 1. The van der Waals surface area contributed by atoms with Gasteiger partial charge in [0.05, 0.1) is 17.0 Å². The maximum atomic E-state index is 13.4. The highest BCUT2D eigenvalue weighted by Crippen LogP contribution is 2.33. The molecule has 1 amide bonds. The molecule has 0 spiro atoms. The Balaban J connectivity index is 1.71. The number of alkyl halides is 3. The molecule has 1 heterocycles. The van der Waals surface area contributed by atoms with Gasteiger partial charge in [-0.3, -0.25) is 14.4 Å². The highest BCUT2D eigenvalue weighted by Gasteiger charge is 2.48. The summed E-state index contributed by atoms with van der Waals surface area (Å²) in [6.45, 7) is -1.05. The van der Waals surface area contributed by atoms with Gasteiger partial charge in [-0.2, -0.15) is 17.5 Å². The van der Waals surface area contributed by atoms with E-state index in [-0.39, 0.29) is 16.8 Å². The van der Waals surface area contributed by atoms with Crippen LogP contribution >= 0.6 is 0 Å². The van der Waals surface area contributed by atoms with Crippen molar-refractivity contribution in [3.05, 3.63) is 95.3 Å². The van der Waals surface area contributed by atoms with Crippen molar-refractivity contribution in [2.24, 2.45) is 0 Å². The van der Waals surface area contributed by atoms with Crippen LogP contribution in [-0.4, -0.2) is 42.8 Å². The molecule has 0 saturated heterocycles. The molecule has 0 saturated carbocycles. The van der Waals surface area contributed by atoms with Gasteiger partial charge in [-0.15, -0.1) is 0 Å². The van der Waals surface area contributed by atoms with Crippen LogP contribution in [0.2, 0.25) is 0 Å². The fourth-order valence-corrected chi connectivity index (χ4v) is 5.46. The van der Waals surface area contributed by atoms with E-state index in [4.69, 9.17) is 0 Å². The first-order chi connectivity index (χ1) is 16.9. The largest absolute Gasteiger partial charge is 0.416 e. The van der Waals surface area contributed by atoms with Crippen molar-refractivity contribution in [3.8, 4) is 0 Å². The van der Waals surface area contributed by atoms with Gasteiger partial charge in [0.1, 0.15) is 5.82 Å². The third kappa shape index (κ3) is 4.77. The zero-order valence-corrected chi connectivity index (χ0v) is 18.9. The Morgan fingerprint density at radius 1 is 0.944 bits per heavy atom. The normalized spacial score (nSPS) is 17.3. The van der Waals surface area contributed by atoms with Gasteiger partial charge in [0.25, 0.3) is 0 Å². The summed E-state index contributed by atoms with van der Waals surface area (Å²) in [5.41, 5.74) is -1.74. The number of ketones is 2. The second kappa shape index (κ2) is 9.28. The average molecular weight is 520 g/mol. The van der Waals surface area contributed by atoms with Gasteiger partial charge in [0, 0.05) is 16.8 Å². The molecule has 1 atom stereocenters. The number of hydrogen-bond donors (Lipinski definition) is 1. The molecule has 3 aromatic rings. The van der Waals surface area contributed by atoms with Crippen molar-refractivity contribution >= 4 is 33.2 Å². The summed E-state index contributed by atoms with van der Waals surface area (Å²) in [6, 6.07) is 10.8. The van der Waals surface area contributed by atoms with E-state index in [2.05, 4.69) is 5.32 Å². The van der Waals surface area contributed by atoms with Crippen LogP contribution in [0.25, 0.3) is 0 Å². The highest BCUT2D eigenvalue weighted by atomic mass is 32.2. The summed E-state index contributed by atoms with van der Waals surface area (Å²) in [5, 5.41) is 2.17. The van der Waals surface area contributed by atoms with Crippen LogP contribution in [0, 0.1) is 5.82 Å². The van der Waals surface area contributed by atoms with E-state index in [0.29, 0.717) is 10.4 Å². The minimum atomic E-state index is -4.68. The fraction of sp³-hybridized carbons (Fsp3) is 0.125. The summed E-state index contributed by atoms with van der Waals surface area (Å²) in [6.07, 6.45) is -4.68. The van der Waals surface area contributed by atoms with Crippen LogP contribution in [0.5, 0.6) is 0 Å². The number of amides is 1. The molecule has 1 aliphatic heterocycles. The molecule has 4 rings (SSSR count). The maximum Gasteiger partial charge on any atom is 0.416 e. The zero-order valence-electron chi connectivity index (χ0n) is 18.1. The Labute approximate surface area is 202 Å². The minimum absolute atomic E-state index is 0.174. The summed E-state index contributed by atoms with van der Waals surface area (Å²) in [7, 11) is -4.57. The van der Waals surface area contributed by atoms with E-state index < -0.39 is 62.5 Å². The van der Waals surface area contributed by atoms with Gasteiger partial charge in [0.15, 0.2) is 17.6 Å². The van der Waals surface area contributed by atoms with Gasteiger partial charge in [0.2, 0.25) is 15.9 Å². The first-order valence-corrected chi connectivity index (χ1v) is 11.8. The van der Waals surface area contributed by atoms with Crippen LogP contribution in [-0.2, 0) is 21.0 Å². The van der Waals surface area contributed by atoms with E-state index in [9.17, 15) is 40.4 Å². The molecule has 1 aliphatic rings. The smallest absolute Gasteiger partial charge is 0.325 e. The van der Waals surface area contributed by atoms with Crippen LogP contribution in [0.1, 0.15) is 26.3 Å². The predicted molar refractivity (Wildman–Crippen MR) is 119 cm³/mol. The minimum Gasteiger partial charge on any atom is -0.325 e. The molecule has 0 fully saturated rings. The molecule has 36 heavy (non-hydrogen) atoms. The summed E-state index contributed by atoms with van der Waals surface area (Å²) < 4.78 is 79.4. The Morgan fingerprint density at radius 2 is 1.61 bits per heavy atom. The highest BCUT2D eigenvalue weighted by molar-refractivity contribution is 7.89. The first kappa shape index (κ1) is 25.2. The molecule has 7 nitrogen and oxygen atoms in total. The van der Waals surface area contributed by atoms with Crippen molar-refractivity contribution in [1.29, 1.82) is 0 Å². The number of carbonyl (C=O) groups is 3. The molecular weight excluding hydrogens is 504 g/mol. The zero-order chi connectivity index (χ0) is 26.3. The number of hydrogen-bond acceptors (Lipinski definition) is 5. The van der Waals surface area contributed by atoms with E-state index in [1.165, 1.54) is 24.3 Å². The third-order valence-corrected chi connectivity index (χ3v) is 7.29. The average Bonchev–Trinajstić information content (AvgIpc) is 2.82. The lowest BCUT2D eigenvalue weighted by molar-refractivity contribution is -0.137. The van der Waals surface area contributed by atoms with E-state index in [1.807, 2.05) is 0 Å².